The van der Waals surface area contributed by atoms with Gasteiger partial charge in [0.2, 0.25) is 0 Å². The van der Waals surface area contributed by atoms with Gasteiger partial charge in [0.05, 0.1) is 12.6 Å². The van der Waals surface area contributed by atoms with Gasteiger partial charge in [0, 0.05) is 6.54 Å². The van der Waals surface area contributed by atoms with Gasteiger partial charge in [-0.25, -0.2) is 0 Å². The first kappa shape index (κ1) is 9.08. The second-order valence-electron chi connectivity index (χ2n) is 2.98. The average Bonchev–Trinajstić information content (AvgIpc) is 2.16. The van der Waals surface area contributed by atoms with Gasteiger partial charge in [0.1, 0.15) is 0 Å². The lowest BCUT2D eigenvalue weighted by Crippen LogP contribution is -2.45. The van der Waals surface area contributed by atoms with E-state index in [2.05, 4.69) is 5.92 Å². The highest BCUT2D eigenvalue weighted by molar-refractivity contribution is 5.93. The minimum Gasteiger partial charge on any atom is -0.394 e. The number of amides is 1. The third-order valence-electron chi connectivity index (χ3n) is 2.22. The van der Waals surface area contributed by atoms with Gasteiger partial charge in [-0.05, 0) is 25.2 Å². The molecule has 1 N–H and O–H groups in total. The molecule has 1 aliphatic rings. The highest BCUT2D eigenvalue weighted by atomic mass is 16.3. The zero-order valence-corrected chi connectivity index (χ0v) is 6.99. The summed E-state index contributed by atoms with van der Waals surface area (Å²) in [6.07, 6.45) is 7.92. The van der Waals surface area contributed by atoms with Crippen LogP contribution < -0.4 is 0 Å². The van der Waals surface area contributed by atoms with E-state index in [0.29, 0.717) is 6.54 Å². The third-order valence-corrected chi connectivity index (χ3v) is 2.22. The highest BCUT2D eigenvalue weighted by Crippen LogP contribution is 2.16. The molecule has 3 nitrogen and oxygen atoms in total. The van der Waals surface area contributed by atoms with E-state index in [0.717, 1.165) is 19.3 Å². The fourth-order valence-electron chi connectivity index (χ4n) is 1.54. The molecule has 12 heavy (non-hydrogen) atoms. The van der Waals surface area contributed by atoms with Crippen molar-refractivity contribution in [3.8, 4) is 12.3 Å². The fraction of sp³-hybridized carbons (Fsp3) is 0.667. The topological polar surface area (TPSA) is 40.5 Å². The van der Waals surface area contributed by atoms with Crippen LogP contribution in [0.1, 0.15) is 19.3 Å². The quantitative estimate of drug-likeness (QED) is 0.558. The summed E-state index contributed by atoms with van der Waals surface area (Å²) in [7, 11) is 0. The number of hydrogen-bond acceptors (Lipinski definition) is 2. The van der Waals surface area contributed by atoms with E-state index in [1.165, 1.54) is 0 Å². The molecule has 1 atom stereocenters. The van der Waals surface area contributed by atoms with Crippen molar-refractivity contribution in [2.24, 2.45) is 0 Å². The normalized spacial score (nSPS) is 23.3. The van der Waals surface area contributed by atoms with Crippen LogP contribution in [0.4, 0.5) is 0 Å². The largest absolute Gasteiger partial charge is 0.394 e. The van der Waals surface area contributed by atoms with E-state index in [1.54, 1.807) is 4.90 Å². The summed E-state index contributed by atoms with van der Waals surface area (Å²) in [5.41, 5.74) is 0. The zero-order valence-electron chi connectivity index (χ0n) is 6.99. The van der Waals surface area contributed by atoms with Gasteiger partial charge in [-0.3, -0.25) is 4.79 Å². The van der Waals surface area contributed by atoms with Gasteiger partial charge in [-0.2, -0.15) is 0 Å². The number of terminal acetylenes is 1. The Kier molecular flexibility index (Phi) is 3.12. The second-order valence-corrected chi connectivity index (χ2v) is 2.98. The molecule has 0 aromatic carbocycles. The van der Waals surface area contributed by atoms with Gasteiger partial charge in [0.25, 0.3) is 5.91 Å². The Hall–Kier alpha value is -1.01. The summed E-state index contributed by atoms with van der Waals surface area (Å²) in [5.74, 6) is 1.78. The monoisotopic (exact) mass is 167 g/mol. The number of aliphatic hydroxyl groups is 1. The van der Waals surface area contributed by atoms with E-state index in [9.17, 15) is 4.79 Å². The number of aliphatic hydroxyl groups excluding tert-OH is 1. The summed E-state index contributed by atoms with van der Waals surface area (Å²) < 4.78 is 0. The molecule has 0 radical (unpaired) electrons. The maximum absolute atomic E-state index is 11.1. The van der Waals surface area contributed by atoms with Crippen molar-refractivity contribution in [1.29, 1.82) is 0 Å². The number of nitrogens with zero attached hydrogens (tertiary/aromatic N) is 1. The maximum Gasteiger partial charge on any atom is 0.298 e. The molecule has 1 fully saturated rings. The van der Waals surface area contributed by atoms with E-state index in [1.807, 2.05) is 0 Å². The van der Waals surface area contributed by atoms with Crippen LogP contribution in [-0.2, 0) is 4.79 Å². The predicted molar refractivity (Wildman–Crippen MR) is 45.3 cm³/mol. The molecule has 1 rings (SSSR count). The predicted octanol–water partition coefficient (Wildman–Crippen LogP) is -0.00700. The van der Waals surface area contributed by atoms with Crippen LogP contribution in [0.3, 0.4) is 0 Å². The van der Waals surface area contributed by atoms with Gasteiger partial charge >= 0.3 is 0 Å². The molecule has 1 aliphatic heterocycles. The molecule has 3 heteroatoms. The Morgan fingerprint density at radius 2 is 2.42 bits per heavy atom. The van der Waals surface area contributed by atoms with Crippen LogP contribution in [0.15, 0.2) is 0 Å². The Morgan fingerprint density at radius 1 is 1.67 bits per heavy atom. The van der Waals surface area contributed by atoms with Gasteiger partial charge in [-0.15, -0.1) is 6.42 Å². The molecule has 1 heterocycles. The lowest BCUT2D eigenvalue weighted by atomic mass is 10.0. The number of hydrogen-bond donors (Lipinski definition) is 1. The first-order valence-electron chi connectivity index (χ1n) is 4.17. The average molecular weight is 167 g/mol. The molecule has 0 aromatic rings. The van der Waals surface area contributed by atoms with Gasteiger partial charge in [-0.1, -0.05) is 0 Å². The molecule has 66 valence electrons. The Bertz CT molecular complexity index is 207. The number of rotatable bonds is 1. The van der Waals surface area contributed by atoms with Crippen LogP contribution in [0.5, 0.6) is 0 Å². The molecule has 0 aliphatic carbocycles. The van der Waals surface area contributed by atoms with Crippen molar-refractivity contribution in [2.75, 3.05) is 13.2 Å². The van der Waals surface area contributed by atoms with Gasteiger partial charge < -0.3 is 10.0 Å². The highest BCUT2D eigenvalue weighted by Gasteiger charge is 2.24. The minimum absolute atomic E-state index is 0.0212. The van der Waals surface area contributed by atoms with E-state index in [-0.39, 0.29) is 18.6 Å². The van der Waals surface area contributed by atoms with E-state index >= 15 is 0 Å². The van der Waals surface area contributed by atoms with E-state index < -0.39 is 0 Å². The Morgan fingerprint density at radius 3 is 3.00 bits per heavy atom. The lowest BCUT2D eigenvalue weighted by Gasteiger charge is -2.32. The number of carbonyl (C=O) groups is 1. The molecule has 1 unspecified atom stereocenters. The van der Waals surface area contributed by atoms with Crippen molar-refractivity contribution in [1.82, 2.24) is 4.90 Å². The van der Waals surface area contributed by atoms with Crippen molar-refractivity contribution in [2.45, 2.75) is 25.3 Å². The summed E-state index contributed by atoms with van der Waals surface area (Å²) in [4.78, 5) is 12.7. The molecule has 1 amide bonds. The standard InChI is InChI=1S/C9H13NO2/c1-2-9(12)10-6-4-3-5-8(10)7-11/h1,8,11H,3-7H2. The number of likely N-dealkylation sites (tertiary alicyclic amines) is 1. The van der Waals surface area contributed by atoms with Crippen LogP contribution >= 0.6 is 0 Å². The molecule has 1 saturated heterocycles. The van der Waals surface area contributed by atoms with Crippen LogP contribution in [0.25, 0.3) is 0 Å². The summed E-state index contributed by atoms with van der Waals surface area (Å²) in [6, 6.07) is -0.0534. The zero-order chi connectivity index (χ0) is 8.97. The van der Waals surface area contributed by atoms with Crippen LogP contribution in [0.2, 0.25) is 0 Å². The van der Waals surface area contributed by atoms with Crippen molar-refractivity contribution >= 4 is 5.91 Å². The summed E-state index contributed by atoms with van der Waals surface area (Å²) >= 11 is 0. The first-order valence-corrected chi connectivity index (χ1v) is 4.17. The molecule has 0 bridgehead atoms. The molecular weight excluding hydrogens is 154 g/mol. The molecule has 0 spiro atoms. The van der Waals surface area contributed by atoms with E-state index in [4.69, 9.17) is 11.5 Å². The summed E-state index contributed by atoms with van der Waals surface area (Å²) in [5, 5.41) is 8.94. The molecule has 0 aromatic heterocycles. The SMILES string of the molecule is C#CC(=O)N1CCCCC1CO. The summed E-state index contributed by atoms with van der Waals surface area (Å²) in [6.45, 7) is 0.710. The second kappa shape index (κ2) is 4.13. The lowest BCUT2D eigenvalue weighted by molar-refractivity contribution is -0.129. The van der Waals surface area contributed by atoms with Crippen molar-refractivity contribution < 1.29 is 9.90 Å². The van der Waals surface area contributed by atoms with Crippen LogP contribution in [-0.4, -0.2) is 35.1 Å². The molecule has 0 saturated carbocycles. The Labute approximate surface area is 72.4 Å². The fourth-order valence-corrected chi connectivity index (χ4v) is 1.54. The number of carbonyl (C=O) groups excluding carboxylic acids is 1. The smallest absolute Gasteiger partial charge is 0.298 e. The Balaban J connectivity index is 2.60. The first-order chi connectivity index (χ1) is 5.79. The van der Waals surface area contributed by atoms with Gasteiger partial charge in [0.15, 0.2) is 0 Å². The third kappa shape index (κ3) is 1.77. The maximum atomic E-state index is 11.1. The van der Waals surface area contributed by atoms with Crippen molar-refractivity contribution in [3.63, 3.8) is 0 Å². The van der Waals surface area contributed by atoms with Crippen molar-refractivity contribution in [3.05, 3.63) is 0 Å². The number of piperidine rings is 1. The molecular formula is C9H13NO2. The van der Waals surface area contributed by atoms with Crippen LogP contribution in [0, 0.1) is 12.3 Å². The minimum atomic E-state index is -0.297.